The van der Waals surface area contributed by atoms with Gasteiger partial charge in [-0.3, -0.25) is 14.6 Å². The van der Waals surface area contributed by atoms with Crippen LogP contribution in [-0.2, 0) is 17.7 Å². The molecule has 0 aliphatic carbocycles. The van der Waals surface area contributed by atoms with Crippen molar-refractivity contribution in [3.8, 4) is 0 Å². The van der Waals surface area contributed by atoms with Gasteiger partial charge >= 0.3 is 0 Å². The minimum absolute atomic E-state index is 0.189. The molecule has 0 saturated carbocycles. The Morgan fingerprint density at radius 3 is 3.15 bits per heavy atom. The van der Waals surface area contributed by atoms with Crippen LogP contribution in [0, 0.1) is 0 Å². The highest BCUT2D eigenvalue weighted by Gasteiger charge is 2.20. The smallest absolute Gasteiger partial charge is 0.137 e. The lowest BCUT2D eigenvalue weighted by molar-refractivity contribution is -0.0371. The molecule has 1 fully saturated rings. The first-order valence-corrected chi connectivity index (χ1v) is 6.96. The van der Waals surface area contributed by atoms with Crippen LogP contribution in [0.3, 0.4) is 0 Å². The van der Waals surface area contributed by atoms with Crippen molar-refractivity contribution in [2.75, 3.05) is 26.2 Å². The zero-order valence-corrected chi connectivity index (χ0v) is 11.4. The van der Waals surface area contributed by atoms with Crippen molar-refractivity contribution < 1.29 is 4.74 Å². The van der Waals surface area contributed by atoms with Crippen molar-refractivity contribution in [1.82, 2.24) is 24.6 Å². The van der Waals surface area contributed by atoms with Crippen LogP contribution in [0.25, 0.3) is 0 Å². The standard InChI is InChI=1S/C14H19N5O/c1-2-5-16-13(3-1)4-6-18-7-8-20-14(9-18)10-19-12-15-11-17-19/h1-3,5,11-12,14H,4,6-10H2/t14-/m0/s1. The van der Waals surface area contributed by atoms with Crippen LogP contribution in [-0.4, -0.2) is 57.0 Å². The molecule has 0 unspecified atom stereocenters. The van der Waals surface area contributed by atoms with Crippen LogP contribution in [0.1, 0.15) is 5.69 Å². The number of hydrogen-bond acceptors (Lipinski definition) is 5. The fourth-order valence-electron chi connectivity index (χ4n) is 2.45. The van der Waals surface area contributed by atoms with E-state index in [0.717, 1.165) is 44.9 Å². The summed E-state index contributed by atoms with van der Waals surface area (Å²) in [5.41, 5.74) is 1.15. The van der Waals surface area contributed by atoms with E-state index in [0.29, 0.717) is 0 Å². The largest absolute Gasteiger partial charge is 0.374 e. The number of pyridine rings is 1. The Labute approximate surface area is 118 Å². The average Bonchev–Trinajstić information content (AvgIpc) is 3.00. The molecule has 0 spiro atoms. The van der Waals surface area contributed by atoms with Gasteiger partial charge in [0.05, 0.1) is 19.3 Å². The summed E-state index contributed by atoms with van der Waals surface area (Å²) in [6.07, 6.45) is 6.31. The summed E-state index contributed by atoms with van der Waals surface area (Å²) < 4.78 is 7.61. The second-order valence-electron chi connectivity index (χ2n) is 4.98. The molecule has 0 N–H and O–H groups in total. The maximum Gasteiger partial charge on any atom is 0.137 e. The third kappa shape index (κ3) is 3.61. The van der Waals surface area contributed by atoms with Crippen LogP contribution < -0.4 is 0 Å². The molecule has 0 amide bonds. The first-order valence-electron chi connectivity index (χ1n) is 6.96. The van der Waals surface area contributed by atoms with Gasteiger partial charge in [0, 0.05) is 37.9 Å². The first kappa shape index (κ1) is 13.2. The molecule has 20 heavy (non-hydrogen) atoms. The summed E-state index contributed by atoms with van der Waals surface area (Å²) in [5.74, 6) is 0. The lowest BCUT2D eigenvalue weighted by atomic mass is 10.2. The van der Waals surface area contributed by atoms with E-state index in [1.54, 1.807) is 12.7 Å². The van der Waals surface area contributed by atoms with Crippen molar-refractivity contribution in [3.63, 3.8) is 0 Å². The second kappa shape index (κ2) is 6.58. The van der Waals surface area contributed by atoms with Crippen molar-refractivity contribution >= 4 is 0 Å². The minimum Gasteiger partial charge on any atom is -0.374 e. The van der Waals surface area contributed by atoms with Gasteiger partial charge in [-0.2, -0.15) is 5.10 Å². The van der Waals surface area contributed by atoms with E-state index in [-0.39, 0.29) is 6.10 Å². The predicted octanol–water partition coefficient (Wildman–Crippen LogP) is 0.617. The molecule has 106 valence electrons. The van der Waals surface area contributed by atoms with Crippen molar-refractivity contribution in [2.45, 2.75) is 19.1 Å². The first-order chi connectivity index (χ1) is 9.90. The number of rotatable bonds is 5. The summed E-state index contributed by atoms with van der Waals surface area (Å²) in [6, 6.07) is 6.06. The Balaban J connectivity index is 1.48. The third-order valence-electron chi connectivity index (χ3n) is 3.49. The molecular formula is C14H19N5O. The molecule has 0 bridgehead atoms. The quantitative estimate of drug-likeness (QED) is 0.799. The van der Waals surface area contributed by atoms with E-state index in [4.69, 9.17) is 4.74 Å². The van der Waals surface area contributed by atoms with E-state index in [1.165, 1.54) is 0 Å². The molecular weight excluding hydrogens is 254 g/mol. The minimum atomic E-state index is 0.189. The van der Waals surface area contributed by atoms with Gasteiger partial charge in [0.1, 0.15) is 12.7 Å². The van der Waals surface area contributed by atoms with E-state index in [1.807, 2.05) is 23.0 Å². The van der Waals surface area contributed by atoms with Crippen LogP contribution in [0.2, 0.25) is 0 Å². The zero-order chi connectivity index (χ0) is 13.6. The summed E-state index contributed by atoms with van der Waals surface area (Å²) in [6.45, 7) is 4.49. The van der Waals surface area contributed by atoms with Crippen LogP contribution in [0.15, 0.2) is 37.1 Å². The summed E-state index contributed by atoms with van der Waals surface area (Å²) >= 11 is 0. The monoisotopic (exact) mass is 273 g/mol. The number of morpholine rings is 1. The van der Waals surface area contributed by atoms with E-state index in [2.05, 4.69) is 26.0 Å². The van der Waals surface area contributed by atoms with Crippen molar-refractivity contribution in [3.05, 3.63) is 42.7 Å². The lowest BCUT2D eigenvalue weighted by Crippen LogP contribution is -2.45. The Morgan fingerprint density at radius 2 is 2.35 bits per heavy atom. The molecule has 1 atom stereocenters. The summed E-state index contributed by atoms with van der Waals surface area (Å²) in [5, 5.41) is 4.13. The number of hydrogen-bond donors (Lipinski definition) is 0. The predicted molar refractivity (Wildman–Crippen MR) is 74.1 cm³/mol. The van der Waals surface area contributed by atoms with Gasteiger partial charge in [-0.15, -0.1) is 0 Å². The normalized spacial score (nSPS) is 20.1. The van der Waals surface area contributed by atoms with Gasteiger partial charge in [0.15, 0.2) is 0 Å². The Morgan fingerprint density at radius 1 is 1.35 bits per heavy atom. The highest BCUT2D eigenvalue weighted by Crippen LogP contribution is 2.08. The third-order valence-corrected chi connectivity index (χ3v) is 3.49. The van der Waals surface area contributed by atoms with Crippen molar-refractivity contribution in [2.24, 2.45) is 0 Å². The second-order valence-corrected chi connectivity index (χ2v) is 4.98. The maximum atomic E-state index is 5.79. The summed E-state index contributed by atoms with van der Waals surface area (Å²) in [7, 11) is 0. The molecule has 2 aromatic rings. The van der Waals surface area contributed by atoms with Gasteiger partial charge in [0.2, 0.25) is 0 Å². The zero-order valence-electron chi connectivity index (χ0n) is 11.4. The molecule has 0 aromatic carbocycles. The molecule has 1 saturated heterocycles. The SMILES string of the molecule is c1ccc(CCN2CCO[C@H](Cn3cncn3)C2)nc1. The number of aromatic nitrogens is 4. The molecule has 0 radical (unpaired) electrons. The van der Waals surface area contributed by atoms with E-state index in [9.17, 15) is 0 Å². The number of ether oxygens (including phenoxy) is 1. The fraction of sp³-hybridized carbons (Fsp3) is 0.500. The van der Waals surface area contributed by atoms with Crippen LogP contribution >= 0.6 is 0 Å². The average molecular weight is 273 g/mol. The van der Waals surface area contributed by atoms with Gasteiger partial charge in [0.25, 0.3) is 0 Å². The molecule has 3 rings (SSSR count). The fourth-order valence-corrected chi connectivity index (χ4v) is 2.45. The molecule has 3 heterocycles. The topological polar surface area (TPSA) is 56.1 Å². The molecule has 2 aromatic heterocycles. The van der Waals surface area contributed by atoms with Gasteiger partial charge in [-0.25, -0.2) is 4.98 Å². The molecule has 6 nitrogen and oxygen atoms in total. The Bertz CT molecular complexity index is 502. The van der Waals surface area contributed by atoms with Gasteiger partial charge in [-0.05, 0) is 12.1 Å². The van der Waals surface area contributed by atoms with E-state index >= 15 is 0 Å². The number of nitrogens with zero attached hydrogens (tertiary/aromatic N) is 5. The highest BCUT2D eigenvalue weighted by atomic mass is 16.5. The van der Waals surface area contributed by atoms with Crippen molar-refractivity contribution in [1.29, 1.82) is 0 Å². The maximum absolute atomic E-state index is 5.79. The van der Waals surface area contributed by atoms with Gasteiger partial charge < -0.3 is 4.74 Å². The highest BCUT2D eigenvalue weighted by molar-refractivity contribution is 5.03. The Hall–Kier alpha value is -1.79. The lowest BCUT2D eigenvalue weighted by Gasteiger charge is -2.32. The molecule has 6 heteroatoms. The molecule has 1 aliphatic heterocycles. The van der Waals surface area contributed by atoms with Gasteiger partial charge in [-0.1, -0.05) is 6.07 Å². The van der Waals surface area contributed by atoms with Crippen LogP contribution in [0.4, 0.5) is 0 Å². The van der Waals surface area contributed by atoms with E-state index < -0.39 is 0 Å². The van der Waals surface area contributed by atoms with Crippen LogP contribution in [0.5, 0.6) is 0 Å². The summed E-state index contributed by atoms with van der Waals surface area (Å²) in [4.78, 5) is 10.8. The molecule has 1 aliphatic rings. The Kier molecular flexibility index (Phi) is 4.35.